The Balaban J connectivity index is 2.40. The smallest absolute Gasteiger partial charge is 0.404 e. The molecule has 0 saturated heterocycles. The Labute approximate surface area is 129 Å². The second kappa shape index (κ2) is 11.0. The van der Waals surface area contributed by atoms with E-state index in [-0.39, 0.29) is 19.8 Å². The van der Waals surface area contributed by atoms with Gasteiger partial charge in [-0.2, -0.15) is 0 Å². The first-order chi connectivity index (χ1) is 10.6. The molecule has 5 N–H and O–H groups in total. The third-order valence-corrected chi connectivity index (χ3v) is 3.08. The van der Waals surface area contributed by atoms with Crippen LogP contribution in [0.3, 0.4) is 0 Å². The highest BCUT2D eigenvalue weighted by Gasteiger charge is 2.21. The largest absolute Gasteiger partial charge is 0.465 e. The minimum atomic E-state index is -1.16. The van der Waals surface area contributed by atoms with Gasteiger partial charge < -0.3 is 30.7 Å². The van der Waals surface area contributed by atoms with Crippen LogP contribution >= 0.6 is 0 Å². The van der Waals surface area contributed by atoms with Crippen LogP contribution in [0.4, 0.5) is 4.79 Å². The number of carboxylic acid groups (broad SMARTS) is 1. The SMILES string of the molecule is O=C(O)N[C@@H](Cc1ccccc1)[C@@H](O)CNCCOCCO. The van der Waals surface area contributed by atoms with E-state index in [0.717, 1.165) is 5.56 Å². The molecule has 1 amide bonds. The highest BCUT2D eigenvalue weighted by molar-refractivity contribution is 5.65. The van der Waals surface area contributed by atoms with Crippen molar-refractivity contribution in [3.8, 4) is 0 Å². The number of nitrogens with one attached hydrogen (secondary N) is 2. The quantitative estimate of drug-likeness (QED) is 0.363. The van der Waals surface area contributed by atoms with E-state index in [9.17, 15) is 9.90 Å². The maximum Gasteiger partial charge on any atom is 0.404 e. The number of benzene rings is 1. The molecular weight excluding hydrogens is 288 g/mol. The average Bonchev–Trinajstić information content (AvgIpc) is 2.50. The molecule has 2 atom stereocenters. The lowest BCUT2D eigenvalue weighted by Crippen LogP contribution is -2.48. The summed E-state index contributed by atoms with van der Waals surface area (Å²) in [6.45, 7) is 1.44. The van der Waals surface area contributed by atoms with Crippen LogP contribution in [0, 0.1) is 0 Å². The first-order valence-corrected chi connectivity index (χ1v) is 7.24. The maximum atomic E-state index is 10.9. The van der Waals surface area contributed by atoms with Crippen LogP contribution in [0.25, 0.3) is 0 Å². The van der Waals surface area contributed by atoms with E-state index < -0.39 is 18.2 Å². The molecular formula is C15H24N2O5. The number of aliphatic hydroxyl groups excluding tert-OH is 2. The van der Waals surface area contributed by atoms with Crippen molar-refractivity contribution in [2.45, 2.75) is 18.6 Å². The third-order valence-electron chi connectivity index (χ3n) is 3.08. The lowest BCUT2D eigenvalue weighted by Gasteiger charge is -2.23. The molecule has 0 saturated carbocycles. The number of ether oxygens (including phenoxy) is 1. The van der Waals surface area contributed by atoms with Crippen molar-refractivity contribution in [2.24, 2.45) is 0 Å². The summed E-state index contributed by atoms with van der Waals surface area (Å²) in [6, 6.07) is 8.81. The normalized spacial score (nSPS) is 13.5. The van der Waals surface area contributed by atoms with Gasteiger partial charge in [0.2, 0.25) is 0 Å². The molecule has 0 unspecified atom stereocenters. The molecule has 0 aromatic heterocycles. The minimum Gasteiger partial charge on any atom is -0.465 e. The Morgan fingerprint density at radius 3 is 2.59 bits per heavy atom. The number of hydrogen-bond acceptors (Lipinski definition) is 5. The monoisotopic (exact) mass is 312 g/mol. The third kappa shape index (κ3) is 7.94. The topological polar surface area (TPSA) is 111 Å². The Bertz CT molecular complexity index is 416. The Morgan fingerprint density at radius 2 is 1.95 bits per heavy atom. The standard InChI is InChI=1S/C15H24N2O5/c18-7-9-22-8-6-16-11-14(19)13(17-15(20)21)10-12-4-2-1-3-5-12/h1-5,13-14,16-19H,6-11H2,(H,20,21)/t13-,14-/m0/s1. The Hall–Kier alpha value is -1.67. The Kier molecular flexibility index (Phi) is 9.17. The van der Waals surface area contributed by atoms with E-state index in [1.807, 2.05) is 30.3 Å². The fourth-order valence-corrected chi connectivity index (χ4v) is 2.01. The highest BCUT2D eigenvalue weighted by atomic mass is 16.5. The maximum absolute atomic E-state index is 10.9. The zero-order valence-electron chi connectivity index (χ0n) is 12.4. The molecule has 7 heteroatoms. The average molecular weight is 312 g/mol. The summed E-state index contributed by atoms with van der Waals surface area (Å²) < 4.78 is 5.08. The van der Waals surface area contributed by atoms with Crippen molar-refractivity contribution in [2.75, 3.05) is 32.9 Å². The van der Waals surface area contributed by atoms with Crippen LogP contribution < -0.4 is 10.6 Å². The van der Waals surface area contributed by atoms with Crippen molar-refractivity contribution in [1.29, 1.82) is 0 Å². The van der Waals surface area contributed by atoms with Crippen molar-refractivity contribution in [1.82, 2.24) is 10.6 Å². The molecule has 0 radical (unpaired) electrons. The molecule has 124 valence electrons. The van der Waals surface area contributed by atoms with Gasteiger partial charge in [-0.1, -0.05) is 30.3 Å². The first-order valence-electron chi connectivity index (χ1n) is 7.24. The lowest BCUT2D eigenvalue weighted by atomic mass is 10.0. The van der Waals surface area contributed by atoms with Gasteiger partial charge in [-0.25, -0.2) is 4.79 Å². The van der Waals surface area contributed by atoms with Gasteiger partial charge in [0, 0.05) is 13.1 Å². The fourth-order valence-electron chi connectivity index (χ4n) is 2.01. The summed E-state index contributed by atoms with van der Waals surface area (Å²) in [6.07, 6.45) is -1.60. The van der Waals surface area contributed by atoms with Crippen LogP contribution in [-0.4, -0.2) is 66.5 Å². The molecule has 0 heterocycles. The molecule has 1 rings (SSSR count). The van der Waals surface area contributed by atoms with Gasteiger partial charge in [-0.05, 0) is 12.0 Å². The van der Waals surface area contributed by atoms with E-state index in [2.05, 4.69) is 10.6 Å². The van der Waals surface area contributed by atoms with E-state index in [1.165, 1.54) is 0 Å². The molecule has 7 nitrogen and oxygen atoms in total. The van der Waals surface area contributed by atoms with Crippen LogP contribution in [0.2, 0.25) is 0 Å². The molecule has 1 aromatic rings. The van der Waals surface area contributed by atoms with Crippen LogP contribution in [0.1, 0.15) is 5.56 Å². The van der Waals surface area contributed by atoms with Gasteiger partial charge in [0.1, 0.15) is 0 Å². The van der Waals surface area contributed by atoms with Crippen molar-refractivity contribution in [3.63, 3.8) is 0 Å². The summed E-state index contributed by atoms with van der Waals surface area (Å²) in [7, 11) is 0. The summed E-state index contributed by atoms with van der Waals surface area (Å²) in [4.78, 5) is 10.9. The van der Waals surface area contributed by atoms with Crippen molar-refractivity contribution < 1.29 is 24.9 Å². The summed E-state index contributed by atoms with van der Waals surface area (Å²) in [5.41, 5.74) is 0.951. The van der Waals surface area contributed by atoms with Crippen LogP contribution in [-0.2, 0) is 11.2 Å². The zero-order chi connectivity index (χ0) is 16.2. The van der Waals surface area contributed by atoms with E-state index in [4.69, 9.17) is 14.9 Å². The molecule has 0 spiro atoms. The minimum absolute atomic E-state index is 0.0235. The second-order valence-electron chi connectivity index (χ2n) is 4.85. The predicted octanol–water partition coefficient (Wildman–Crippen LogP) is -0.175. The van der Waals surface area contributed by atoms with E-state index >= 15 is 0 Å². The summed E-state index contributed by atoms with van der Waals surface area (Å²) in [5.74, 6) is 0. The molecule has 0 aliphatic rings. The molecule has 1 aromatic carbocycles. The molecule has 0 fully saturated rings. The van der Waals surface area contributed by atoms with Gasteiger partial charge in [-0.3, -0.25) is 0 Å². The number of carbonyl (C=O) groups is 1. The number of aliphatic hydroxyl groups is 2. The van der Waals surface area contributed by atoms with Crippen molar-refractivity contribution in [3.05, 3.63) is 35.9 Å². The zero-order valence-corrected chi connectivity index (χ0v) is 12.4. The van der Waals surface area contributed by atoms with Crippen molar-refractivity contribution >= 4 is 6.09 Å². The van der Waals surface area contributed by atoms with Gasteiger partial charge in [-0.15, -0.1) is 0 Å². The lowest BCUT2D eigenvalue weighted by molar-refractivity contribution is 0.0870. The summed E-state index contributed by atoms with van der Waals surface area (Å²) >= 11 is 0. The van der Waals surface area contributed by atoms with Gasteiger partial charge >= 0.3 is 6.09 Å². The van der Waals surface area contributed by atoms with Gasteiger partial charge in [0.15, 0.2) is 0 Å². The van der Waals surface area contributed by atoms with E-state index in [1.54, 1.807) is 0 Å². The van der Waals surface area contributed by atoms with Gasteiger partial charge in [0.25, 0.3) is 0 Å². The number of hydrogen-bond donors (Lipinski definition) is 5. The highest BCUT2D eigenvalue weighted by Crippen LogP contribution is 2.06. The summed E-state index contributed by atoms with van der Waals surface area (Å²) in [5, 5.41) is 33.0. The van der Waals surface area contributed by atoms with E-state index in [0.29, 0.717) is 19.6 Å². The molecule has 0 bridgehead atoms. The van der Waals surface area contributed by atoms with Gasteiger partial charge in [0.05, 0.1) is 32.0 Å². The van der Waals surface area contributed by atoms with Crippen LogP contribution in [0.15, 0.2) is 30.3 Å². The predicted molar refractivity (Wildman–Crippen MR) is 81.9 cm³/mol. The first kappa shape index (κ1) is 18.4. The Morgan fingerprint density at radius 1 is 1.23 bits per heavy atom. The molecule has 0 aliphatic carbocycles. The second-order valence-corrected chi connectivity index (χ2v) is 4.85. The molecule has 22 heavy (non-hydrogen) atoms. The molecule has 0 aliphatic heterocycles. The number of rotatable bonds is 11. The van der Waals surface area contributed by atoms with Crippen LogP contribution in [0.5, 0.6) is 0 Å². The number of amides is 1. The fraction of sp³-hybridized carbons (Fsp3) is 0.533.